The average Bonchev–Trinajstić information content (AvgIpc) is 3.32. The normalized spacial score (nSPS) is 17.9. The average molecular weight is 471 g/mol. The molecule has 1 fully saturated rings. The van der Waals surface area contributed by atoms with Crippen molar-refractivity contribution < 1.29 is 24.2 Å². The number of likely N-dealkylation sites (tertiary alicyclic amines) is 1. The van der Waals surface area contributed by atoms with Crippen molar-refractivity contribution in [1.82, 2.24) is 10.2 Å². The van der Waals surface area contributed by atoms with Gasteiger partial charge in [-0.15, -0.1) is 13.2 Å². The Hall–Kier alpha value is -2.93. The number of hydrogen-bond acceptors (Lipinski definition) is 5. The fourth-order valence-corrected chi connectivity index (χ4v) is 4.25. The Bertz CT molecular complexity index is 826. The van der Waals surface area contributed by atoms with Gasteiger partial charge in [0.2, 0.25) is 11.8 Å². The molecule has 0 unspecified atom stereocenters. The van der Waals surface area contributed by atoms with Crippen LogP contribution in [0.15, 0.2) is 55.6 Å². The van der Waals surface area contributed by atoms with Crippen LogP contribution in [0.1, 0.15) is 44.6 Å². The largest absolute Gasteiger partial charge is 0.461 e. The SMILES string of the molecule is C=CC[C@H](CC(=O)N1CCC[C@H]1CO)C(=O)NC[C@H](C)OC(=O)[C@@H](CC=C)Cc1ccccc1. The maximum Gasteiger partial charge on any atom is 0.309 e. The van der Waals surface area contributed by atoms with E-state index in [0.29, 0.717) is 25.8 Å². The molecular weight excluding hydrogens is 432 g/mol. The van der Waals surface area contributed by atoms with Gasteiger partial charge in [0, 0.05) is 13.0 Å². The molecule has 0 aromatic heterocycles. The zero-order valence-electron chi connectivity index (χ0n) is 20.2. The minimum absolute atomic E-state index is 0.0566. The summed E-state index contributed by atoms with van der Waals surface area (Å²) >= 11 is 0. The Kier molecular flexibility index (Phi) is 11.5. The van der Waals surface area contributed by atoms with Crippen molar-refractivity contribution in [3.8, 4) is 0 Å². The molecule has 7 heteroatoms. The first-order chi connectivity index (χ1) is 16.4. The molecule has 7 nitrogen and oxygen atoms in total. The Morgan fingerprint density at radius 3 is 2.50 bits per heavy atom. The first kappa shape index (κ1) is 27.3. The quantitative estimate of drug-likeness (QED) is 0.322. The third kappa shape index (κ3) is 8.45. The van der Waals surface area contributed by atoms with E-state index in [4.69, 9.17) is 4.74 Å². The third-order valence-electron chi connectivity index (χ3n) is 6.14. The molecule has 1 aromatic rings. The number of nitrogens with zero attached hydrogens (tertiary/aromatic N) is 1. The van der Waals surface area contributed by atoms with E-state index in [2.05, 4.69) is 18.5 Å². The Morgan fingerprint density at radius 2 is 1.85 bits per heavy atom. The van der Waals surface area contributed by atoms with E-state index < -0.39 is 12.0 Å². The first-order valence-electron chi connectivity index (χ1n) is 12.0. The summed E-state index contributed by atoms with van der Waals surface area (Å²) in [6.45, 7) is 9.87. The van der Waals surface area contributed by atoms with E-state index in [1.54, 1.807) is 24.0 Å². The number of aliphatic hydroxyl groups excluding tert-OH is 1. The van der Waals surface area contributed by atoms with Gasteiger partial charge in [-0.3, -0.25) is 14.4 Å². The fraction of sp³-hybridized carbons (Fsp3) is 0.519. The predicted octanol–water partition coefficient (Wildman–Crippen LogP) is 3.04. The van der Waals surface area contributed by atoms with Gasteiger partial charge in [0.1, 0.15) is 6.10 Å². The second kappa shape index (κ2) is 14.4. The highest BCUT2D eigenvalue weighted by Crippen LogP contribution is 2.21. The molecule has 4 atom stereocenters. The van der Waals surface area contributed by atoms with Crippen molar-refractivity contribution in [2.45, 2.75) is 57.6 Å². The Morgan fingerprint density at radius 1 is 1.18 bits per heavy atom. The van der Waals surface area contributed by atoms with Crippen molar-refractivity contribution in [3.63, 3.8) is 0 Å². The summed E-state index contributed by atoms with van der Waals surface area (Å²) in [4.78, 5) is 39.8. The van der Waals surface area contributed by atoms with E-state index >= 15 is 0 Å². The van der Waals surface area contributed by atoms with Gasteiger partial charge >= 0.3 is 5.97 Å². The zero-order chi connectivity index (χ0) is 24.9. The summed E-state index contributed by atoms with van der Waals surface area (Å²) in [6, 6.07) is 9.57. The van der Waals surface area contributed by atoms with Crippen molar-refractivity contribution in [2.75, 3.05) is 19.7 Å². The summed E-state index contributed by atoms with van der Waals surface area (Å²) in [5.74, 6) is -1.63. The maximum atomic E-state index is 12.8. The molecule has 1 aliphatic heterocycles. The molecule has 0 spiro atoms. The molecule has 2 rings (SSSR count). The van der Waals surface area contributed by atoms with E-state index in [-0.39, 0.29) is 49.3 Å². The number of carbonyl (C=O) groups excluding carboxylic acids is 3. The predicted molar refractivity (Wildman–Crippen MR) is 132 cm³/mol. The lowest BCUT2D eigenvalue weighted by Gasteiger charge is -2.25. The second-order valence-corrected chi connectivity index (χ2v) is 8.89. The molecule has 2 amide bonds. The molecule has 0 bridgehead atoms. The highest BCUT2D eigenvalue weighted by atomic mass is 16.5. The number of benzene rings is 1. The molecule has 0 saturated carbocycles. The van der Waals surface area contributed by atoms with E-state index in [0.717, 1.165) is 18.4 Å². The highest BCUT2D eigenvalue weighted by Gasteiger charge is 2.31. The molecule has 0 aliphatic carbocycles. The van der Waals surface area contributed by atoms with Crippen LogP contribution in [0, 0.1) is 11.8 Å². The van der Waals surface area contributed by atoms with Gasteiger partial charge in [0.05, 0.1) is 31.0 Å². The fourth-order valence-electron chi connectivity index (χ4n) is 4.25. The van der Waals surface area contributed by atoms with Crippen molar-refractivity contribution in [1.29, 1.82) is 0 Å². The lowest BCUT2D eigenvalue weighted by atomic mass is 9.96. The van der Waals surface area contributed by atoms with Crippen LogP contribution in [0.4, 0.5) is 0 Å². The highest BCUT2D eigenvalue weighted by molar-refractivity contribution is 5.86. The van der Waals surface area contributed by atoms with Gasteiger partial charge in [0.25, 0.3) is 0 Å². The molecule has 186 valence electrons. The van der Waals surface area contributed by atoms with Crippen LogP contribution in [0.2, 0.25) is 0 Å². The maximum absolute atomic E-state index is 12.8. The van der Waals surface area contributed by atoms with Crippen LogP contribution in [0.5, 0.6) is 0 Å². The molecular formula is C27H38N2O5. The minimum atomic E-state index is -0.556. The van der Waals surface area contributed by atoms with Gasteiger partial charge in [-0.2, -0.15) is 0 Å². The van der Waals surface area contributed by atoms with Crippen LogP contribution >= 0.6 is 0 Å². The molecule has 2 N–H and O–H groups in total. The van der Waals surface area contributed by atoms with E-state index in [1.807, 2.05) is 30.3 Å². The minimum Gasteiger partial charge on any atom is -0.461 e. The third-order valence-corrected chi connectivity index (χ3v) is 6.14. The number of carbonyl (C=O) groups is 3. The smallest absolute Gasteiger partial charge is 0.309 e. The number of nitrogens with one attached hydrogen (secondary N) is 1. The van der Waals surface area contributed by atoms with Crippen LogP contribution in [-0.2, 0) is 25.5 Å². The first-order valence-corrected chi connectivity index (χ1v) is 12.0. The lowest BCUT2D eigenvalue weighted by Crippen LogP contribution is -2.42. The van der Waals surface area contributed by atoms with Crippen molar-refractivity contribution in [3.05, 3.63) is 61.2 Å². The summed E-state index contributed by atoms with van der Waals surface area (Å²) < 4.78 is 5.59. The molecule has 1 aliphatic rings. The summed E-state index contributed by atoms with van der Waals surface area (Å²) in [5, 5.41) is 12.3. The van der Waals surface area contributed by atoms with Gasteiger partial charge in [-0.1, -0.05) is 42.5 Å². The van der Waals surface area contributed by atoms with Gasteiger partial charge in [0.15, 0.2) is 0 Å². The number of esters is 1. The molecule has 0 radical (unpaired) electrons. The number of ether oxygens (including phenoxy) is 1. The number of hydrogen-bond donors (Lipinski definition) is 2. The molecule has 34 heavy (non-hydrogen) atoms. The Labute approximate surface area is 202 Å². The summed E-state index contributed by atoms with van der Waals surface area (Å²) in [5.41, 5.74) is 1.05. The summed E-state index contributed by atoms with van der Waals surface area (Å²) in [6.07, 6.45) is 5.93. The van der Waals surface area contributed by atoms with Gasteiger partial charge in [-0.25, -0.2) is 0 Å². The van der Waals surface area contributed by atoms with Crippen LogP contribution in [-0.4, -0.2) is 59.6 Å². The topological polar surface area (TPSA) is 95.9 Å². The molecule has 1 aromatic carbocycles. The van der Waals surface area contributed by atoms with Gasteiger partial charge < -0.3 is 20.1 Å². The van der Waals surface area contributed by atoms with Gasteiger partial charge in [-0.05, 0) is 44.6 Å². The number of amides is 2. The van der Waals surface area contributed by atoms with Crippen LogP contribution in [0.25, 0.3) is 0 Å². The van der Waals surface area contributed by atoms with Crippen molar-refractivity contribution in [2.24, 2.45) is 11.8 Å². The molecule has 1 heterocycles. The lowest BCUT2D eigenvalue weighted by molar-refractivity contribution is -0.153. The molecule has 1 saturated heterocycles. The second-order valence-electron chi connectivity index (χ2n) is 8.89. The number of aliphatic hydroxyl groups is 1. The van der Waals surface area contributed by atoms with Crippen LogP contribution in [0.3, 0.4) is 0 Å². The summed E-state index contributed by atoms with van der Waals surface area (Å²) in [7, 11) is 0. The zero-order valence-corrected chi connectivity index (χ0v) is 20.2. The standard InChI is InChI=1S/C27H38N2O5/c1-4-10-22(17-25(31)29-15-9-14-24(29)19-30)26(32)28-18-20(3)34-27(33)23(11-5-2)16-21-12-7-6-8-13-21/h4-8,12-13,20,22-24,30H,1-2,9-11,14-19H2,3H3,(H,28,32)/t20-,22+,23-,24-/m0/s1. The van der Waals surface area contributed by atoms with Crippen molar-refractivity contribution >= 4 is 17.8 Å². The van der Waals surface area contributed by atoms with Crippen LogP contribution < -0.4 is 5.32 Å². The van der Waals surface area contributed by atoms with E-state index in [9.17, 15) is 19.5 Å². The number of rotatable bonds is 14. The Balaban J connectivity index is 1.86. The van der Waals surface area contributed by atoms with E-state index in [1.165, 1.54) is 0 Å². The number of allylic oxidation sites excluding steroid dienone is 2. The monoisotopic (exact) mass is 470 g/mol.